The first-order valence-electron chi connectivity index (χ1n) is 8.93. The number of aromatic nitrogens is 1. The van der Waals surface area contributed by atoms with Crippen molar-refractivity contribution in [1.29, 1.82) is 0 Å². The van der Waals surface area contributed by atoms with E-state index in [-0.39, 0.29) is 18.3 Å². The summed E-state index contributed by atoms with van der Waals surface area (Å²) in [6, 6.07) is 18.6. The number of amides is 1. The van der Waals surface area contributed by atoms with Crippen LogP contribution in [0.15, 0.2) is 60.7 Å². The van der Waals surface area contributed by atoms with Crippen LogP contribution in [-0.2, 0) is 13.0 Å². The molecule has 6 heteroatoms. The molecule has 0 aliphatic heterocycles. The fraction of sp³-hybridized carbons (Fsp3) is 0.182. The summed E-state index contributed by atoms with van der Waals surface area (Å²) < 4.78 is 5.83. The van der Waals surface area contributed by atoms with Gasteiger partial charge in [-0.25, -0.2) is 4.98 Å². The maximum Gasteiger partial charge on any atom is 0.255 e. The Hall–Kier alpha value is -2.89. The van der Waals surface area contributed by atoms with E-state index in [9.17, 15) is 4.79 Å². The van der Waals surface area contributed by atoms with Gasteiger partial charge in [0.25, 0.3) is 5.91 Å². The Labute approximate surface area is 171 Å². The fourth-order valence-electron chi connectivity index (χ4n) is 2.77. The van der Waals surface area contributed by atoms with Gasteiger partial charge in [-0.05, 0) is 60.9 Å². The molecule has 0 unspecified atom stereocenters. The molecular formula is C22H24ClN3O2. The Balaban J connectivity index is 0.00000280. The van der Waals surface area contributed by atoms with Crippen molar-refractivity contribution >= 4 is 24.0 Å². The maximum absolute atomic E-state index is 12.6. The quantitative estimate of drug-likeness (QED) is 0.621. The Morgan fingerprint density at radius 1 is 1.07 bits per heavy atom. The highest BCUT2D eigenvalue weighted by Gasteiger charge is 2.09. The molecule has 3 N–H and O–H groups in total. The largest absolute Gasteiger partial charge is 0.439 e. The number of nitrogens with zero attached hydrogens (tertiary/aromatic N) is 1. The minimum absolute atomic E-state index is 0. The summed E-state index contributed by atoms with van der Waals surface area (Å²) in [5, 5.41) is 2.92. The number of nitrogens with one attached hydrogen (secondary N) is 1. The molecule has 0 aliphatic rings. The van der Waals surface area contributed by atoms with Crippen molar-refractivity contribution in [1.82, 2.24) is 4.98 Å². The highest BCUT2D eigenvalue weighted by Crippen LogP contribution is 2.23. The molecule has 0 atom stereocenters. The highest BCUT2D eigenvalue weighted by molar-refractivity contribution is 6.04. The number of anilines is 1. The summed E-state index contributed by atoms with van der Waals surface area (Å²) in [5.41, 5.74) is 9.94. The van der Waals surface area contributed by atoms with E-state index >= 15 is 0 Å². The summed E-state index contributed by atoms with van der Waals surface area (Å²) in [5.74, 6) is 0.822. The average molecular weight is 398 g/mol. The lowest BCUT2D eigenvalue weighted by atomic mass is 10.1. The molecule has 1 amide bonds. The van der Waals surface area contributed by atoms with Crippen LogP contribution >= 0.6 is 12.4 Å². The lowest BCUT2D eigenvalue weighted by Gasteiger charge is -2.10. The van der Waals surface area contributed by atoms with Crippen LogP contribution in [0.25, 0.3) is 0 Å². The number of pyridine rings is 1. The van der Waals surface area contributed by atoms with E-state index in [0.717, 1.165) is 23.4 Å². The zero-order chi connectivity index (χ0) is 19.2. The number of benzene rings is 2. The van der Waals surface area contributed by atoms with Crippen LogP contribution in [0, 0.1) is 6.92 Å². The number of aryl methyl sites for hydroxylation is 2. The zero-order valence-electron chi connectivity index (χ0n) is 15.9. The van der Waals surface area contributed by atoms with Gasteiger partial charge < -0.3 is 15.8 Å². The number of nitrogens with two attached hydrogens (primary N) is 1. The van der Waals surface area contributed by atoms with Gasteiger partial charge in [0.05, 0.1) is 0 Å². The second-order valence-electron chi connectivity index (χ2n) is 6.30. The van der Waals surface area contributed by atoms with Crippen LogP contribution in [0.2, 0.25) is 0 Å². The highest BCUT2D eigenvalue weighted by atomic mass is 35.5. The molecule has 0 aliphatic carbocycles. The molecule has 0 fully saturated rings. The van der Waals surface area contributed by atoms with Gasteiger partial charge in [-0.1, -0.05) is 25.1 Å². The number of hydrogen-bond acceptors (Lipinski definition) is 4. The third kappa shape index (κ3) is 5.55. The second kappa shape index (κ2) is 9.88. The minimum atomic E-state index is -0.187. The van der Waals surface area contributed by atoms with Crippen molar-refractivity contribution in [3.05, 3.63) is 83.0 Å². The van der Waals surface area contributed by atoms with E-state index in [4.69, 9.17) is 10.5 Å². The van der Waals surface area contributed by atoms with E-state index in [1.807, 2.05) is 37.3 Å². The van der Waals surface area contributed by atoms with Crippen molar-refractivity contribution in [3.8, 4) is 11.6 Å². The van der Waals surface area contributed by atoms with Gasteiger partial charge in [0.2, 0.25) is 5.88 Å². The van der Waals surface area contributed by atoms with Gasteiger partial charge in [-0.2, -0.15) is 0 Å². The van der Waals surface area contributed by atoms with Gasteiger partial charge in [-0.15, -0.1) is 12.4 Å². The second-order valence-corrected chi connectivity index (χ2v) is 6.30. The average Bonchev–Trinajstić information content (AvgIpc) is 2.67. The summed E-state index contributed by atoms with van der Waals surface area (Å²) in [7, 11) is 0. The predicted octanol–water partition coefficient (Wildman–Crippen LogP) is 4.88. The van der Waals surface area contributed by atoms with Crippen LogP contribution in [0.4, 0.5) is 5.69 Å². The lowest BCUT2D eigenvalue weighted by Crippen LogP contribution is -2.12. The Kier molecular flexibility index (Phi) is 7.55. The number of hydrogen-bond donors (Lipinski definition) is 2. The molecule has 3 aromatic rings. The van der Waals surface area contributed by atoms with Gasteiger partial charge in [0, 0.05) is 29.6 Å². The molecule has 0 saturated heterocycles. The normalized spacial score (nSPS) is 10.1. The van der Waals surface area contributed by atoms with E-state index in [0.29, 0.717) is 23.7 Å². The van der Waals surface area contributed by atoms with Crippen molar-refractivity contribution in [2.45, 2.75) is 26.8 Å². The standard InChI is InChI=1S/C22H23N3O2.ClH/c1-3-16-6-4-8-19(11-16)25-22(26)18-7-5-9-20(13-18)27-21-12-17(14-23)10-15(2)24-21;/h4-13H,3,14,23H2,1-2H3,(H,25,26);1H. The van der Waals surface area contributed by atoms with Crippen molar-refractivity contribution in [2.75, 3.05) is 5.32 Å². The van der Waals surface area contributed by atoms with Crippen LogP contribution < -0.4 is 15.8 Å². The molecule has 1 heterocycles. The van der Waals surface area contributed by atoms with E-state index in [2.05, 4.69) is 17.2 Å². The predicted molar refractivity (Wildman–Crippen MR) is 114 cm³/mol. The van der Waals surface area contributed by atoms with E-state index in [1.54, 1.807) is 30.3 Å². The van der Waals surface area contributed by atoms with E-state index in [1.165, 1.54) is 5.56 Å². The van der Waals surface area contributed by atoms with Gasteiger partial charge in [0.15, 0.2) is 0 Å². The molecule has 28 heavy (non-hydrogen) atoms. The maximum atomic E-state index is 12.6. The molecular weight excluding hydrogens is 374 g/mol. The van der Waals surface area contributed by atoms with Crippen molar-refractivity contribution < 1.29 is 9.53 Å². The molecule has 0 bridgehead atoms. The van der Waals surface area contributed by atoms with Crippen LogP contribution in [0.3, 0.4) is 0 Å². The molecule has 0 radical (unpaired) electrons. The number of rotatable bonds is 6. The number of halogens is 1. The van der Waals surface area contributed by atoms with Gasteiger partial charge in [-0.3, -0.25) is 4.79 Å². The van der Waals surface area contributed by atoms with Crippen LogP contribution in [0.1, 0.15) is 34.1 Å². The summed E-state index contributed by atoms with van der Waals surface area (Å²) >= 11 is 0. The third-order valence-electron chi connectivity index (χ3n) is 4.14. The van der Waals surface area contributed by atoms with Crippen LogP contribution in [0.5, 0.6) is 11.6 Å². The molecule has 5 nitrogen and oxygen atoms in total. The van der Waals surface area contributed by atoms with E-state index < -0.39 is 0 Å². The molecule has 2 aromatic carbocycles. The first-order valence-corrected chi connectivity index (χ1v) is 8.93. The summed E-state index contributed by atoms with van der Waals surface area (Å²) in [4.78, 5) is 16.9. The summed E-state index contributed by atoms with van der Waals surface area (Å²) in [6.45, 7) is 4.39. The van der Waals surface area contributed by atoms with Gasteiger partial charge in [0.1, 0.15) is 5.75 Å². The molecule has 0 spiro atoms. The Morgan fingerprint density at radius 2 is 1.86 bits per heavy atom. The lowest BCUT2D eigenvalue weighted by molar-refractivity contribution is 0.102. The Bertz CT molecular complexity index is 960. The number of ether oxygens (including phenoxy) is 1. The Morgan fingerprint density at radius 3 is 2.61 bits per heavy atom. The van der Waals surface area contributed by atoms with Crippen molar-refractivity contribution in [3.63, 3.8) is 0 Å². The minimum Gasteiger partial charge on any atom is -0.439 e. The first kappa shape index (κ1) is 21.4. The molecule has 3 rings (SSSR count). The number of carbonyl (C=O) groups excluding carboxylic acids is 1. The van der Waals surface area contributed by atoms with Gasteiger partial charge >= 0.3 is 0 Å². The van der Waals surface area contributed by atoms with Crippen LogP contribution in [-0.4, -0.2) is 10.9 Å². The zero-order valence-corrected chi connectivity index (χ0v) is 16.8. The first-order chi connectivity index (χ1) is 13.1. The molecule has 1 aromatic heterocycles. The molecule has 146 valence electrons. The fourth-order valence-corrected chi connectivity index (χ4v) is 2.77. The smallest absolute Gasteiger partial charge is 0.255 e. The number of carbonyl (C=O) groups is 1. The summed E-state index contributed by atoms with van der Waals surface area (Å²) in [6.07, 6.45) is 0.918. The van der Waals surface area contributed by atoms with Crippen molar-refractivity contribution in [2.24, 2.45) is 5.73 Å². The monoisotopic (exact) mass is 397 g/mol. The third-order valence-corrected chi connectivity index (χ3v) is 4.14. The molecule has 0 saturated carbocycles. The SMILES string of the molecule is CCc1cccc(NC(=O)c2cccc(Oc3cc(CN)cc(C)n3)c2)c1.Cl. The topological polar surface area (TPSA) is 77.2 Å².